The summed E-state index contributed by atoms with van der Waals surface area (Å²) in [4.78, 5) is 21.1. The maximum atomic E-state index is 13.6. The van der Waals surface area contributed by atoms with Crippen LogP contribution in [0.1, 0.15) is 68.5 Å². The Morgan fingerprint density at radius 2 is 2.02 bits per heavy atom. The molecule has 1 saturated heterocycles. The normalized spacial score (nSPS) is 15.0. The van der Waals surface area contributed by atoms with Crippen LogP contribution in [0.15, 0.2) is 60.1 Å². The molecule has 13 nitrogen and oxygen atoms in total. The summed E-state index contributed by atoms with van der Waals surface area (Å²) in [7, 11) is 0. The predicted octanol–water partition coefficient (Wildman–Crippen LogP) is 5.38. The maximum absolute atomic E-state index is 13.6. The number of nitrogens with one attached hydrogen (secondary N) is 1. The summed E-state index contributed by atoms with van der Waals surface area (Å²) >= 11 is 1.57. The van der Waals surface area contributed by atoms with E-state index in [0.29, 0.717) is 28.6 Å². The van der Waals surface area contributed by atoms with Gasteiger partial charge in [0, 0.05) is 60.0 Å². The number of fused-ring (bicyclic) bond motifs is 1. The van der Waals surface area contributed by atoms with Crippen LogP contribution in [-0.4, -0.2) is 92.9 Å². The molecule has 1 amide bonds. The van der Waals surface area contributed by atoms with Crippen molar-refractivity contribution in [1.82, 2.24) is 44.3 Å². The summed E-state index contributed by atoms with van der Waals surface area (Å²) in [5, 5.41) is 30.4. The number of aromatic nitrogens is 8. The second kappa shape index (κ2) is 15.4. The highest BCUT2D eigenvalue weighted by Gasteiger charge is 2.26. The summed E-state index contributed by atoms with van der Waals surface area (Å²) < 4.78 is 37.0. The Morgan fingerprint density at radius 1 is 1.20 bits per heavy atom. The molecule has 1 atom stereocenters. The lowest BCUT2D eigenvalue weighted by molar-refractivity contribution is -0.0495. The van der Waals surface area contributed by atoms with Crippen LogP contribution >= 0.6 is 11.8 Å². The van der Waals surface area contributed by atoms with Crippen molar-refractivity contribution in [2.45, 2.75) is 81.8 Å². The van der Waals surface area contributed by atoms with Gasteiger partial charge in [-0.25, -0.2) is 14.2 Å². The molecule has 1 aliphatic rings. The Bertz CT molecular complexity index is 1870. The monoisotopic (exact) mass is 694 g/mol. The lowest BCUT2D eigenvalue weighted by atomic mass is 10.0. The van der Waals surface area contributed by atoms with Crippen molar-refractivity contribution < 1.29 is 23.4 Å². The molecule has 2 N–H and O–H groups in total. The number of benzene rings is 1. The van der Waals surface area contributed by atoms with E-state index < -0.39 is 12.5 Å². The minimum atomic E-state index is -3.06. The summed E-state index contributed by atoms with van der Waals surface area (Å²) in [5.41, 5.74) is 2.11. The van der Waals surface area contributed by atoms with E-state index in [4.69, 9.17) is 9.84 Å². The number of ether oxygens (including phenoxy) is 1. The third kappa shape index (κ3) is 8.08. The highest BCUT2D eigenvalue weighted by molar-refractivity contribution is 7.99. The van der Waals surface area contributed by atoms with Crippen molar-refractivity contribution in [2.75, 3.05) is 25.0 Å². The van der Waals surface area contributed by atoms with E-state index >= 15 is 0 Å². The number of aliphatic hydroxyl groups is 1. The van der Waals surface area contributed by atoms with E-state index in [1.54, 1.807) is 53.2 Å². The molecule has 0 saturated carbocycles. The Balaban J connectivity index is 1.29. The Hall–Kier alpha value is -4.41. The molecule has 4 aromatic heterocycles. The molecular formula is C33H40F2N10O3S. The first-order chi connectivity index (χ1) is 23.7. The molecule has 1 fully saturated rings. The fourth-order valence-corrected chi connectivity index (χ4v) is 7.12. The van der Waals surface area contributed by atoms with Gasteiger partial charge in [-0.15, -0.1) is 16.9 Å². The number of thioether (sulfide) groups is 1. The van der Waals surface area contributed by atoms with E-state index in [1.807, 2.05) is 24.7 Å². The van der Waals surface area contributed by atoms with Crippen LogP contribution in [0.3, 0.4) is 0 Å². The maximum Gasteiger partial charge on any atom is 0.387 e. The third-order valence-corrected chi connectivity index (χ3v) is 9.53. The zero-order valence-corrected chi connectivity index (χ0v) is 28.4. The van der Waals surface area contributed by atoms with Crippen molar-refractivity contribution in [1.29, 1.82) is 0 Å². The van der Waals surface area contributed by atoms with Gasteiger partial charge in [-0.1, -0.05) is 26.0 Å². The van der Waals surface area contributed by atoms with Crippen LogP contribution in [0.5, 0.6) is 5.75 Å². The average molecular weight is 695 g/mol. The van der Waals surface area contributed by atoms with Crippen molar-refractivity contribution in [2.24, 2.45) is 0 Å². The Labute approximate surface area is 286 Å². The highest BCUT2D eigenvalue weighted by Crippen LogP contribution is 2.39. The van der Waals surface area contributed by atoms with Crippen LogP contribution in [-0.2, 0) is 6.54 Å². The lowest BCUT2D eigenvalue weighted by Gasteiger charge is -2.37. The minimum absolute atomic E-state index is 0.0666. The van der Waals surface area contributed by atoms with Gasteiger partial charge in [-0.05, 0) is 49.9 Å². The molecule has 5 aromatic rings. The van der Waals surface area contributed by atoms with Gasteiger partial charge in [0.2, 0.25) is 0 Å². The minimum Gasteiger partial charge on any atom is -0.434 e. The van der Waals surface area contributed by atoms with Crippen molar-refractivity contribution >= 4 is 29.0 Å². The fraction of sp³-hybridized carbons (Fsp3) is 0.455. The van der Waals surface area contributed by atoms with Gasteiger partial charge in [0.25, 0.3) is 5.91 Å². The number of rotatable bonds is 14. The standard InChI is InChI=1S/C33H40F2N10O3S/c1-4-23(10-15-46)42-13-8-24(9-14-42)45-19-22(39-41-45)18-43-20-28(38-32(47)27-17-37-44-12-5-11-36-31(27)44)30(40-43)26-16-25(49-21(2)3)6-7-29(26)48-33(34)35/h5-7,11-12,16-17,19-21,23-24,33,46H,4,8-10,13-15,18H2,1-3H3,(H,38,47). The van der Waals surface area contributed by atoms with E-state index in [-0.39, 0.29) is 41.5 Å². The van der Waals surface area contributed by atoms with Gasteiger partial charge in [-0.3, -0.25) is 9.48 Å². The van der Waals surface area contributed by atoms with Crippen LogP contribution in [0.4, 0.5) is 14.5 Å². The number of amides is 1. The topological polar surface area (TPSA) is 141 Å². The molecule has 6 rings (SSSR count). The average Bonchev–Trinajstić information content (AvgIpc) is 3.83. The number of hydrogen-bond donors (Lipinski definition) is 2. The Kier molecular flexibility index (Phi) is 10.8. The number of piperidine rings is 1. The zero-order valence-electron chi connectivity index (χ0n) is 27.6. The van der Waals surface area contributed by atoms with E-state index in [2.05, 4.69) is 37.5 Å². The number of aliphatic hydroxyl groups excluding tert-OH is 1. The number of anilines is 1. The third-order valence-electron chi connectivity index (χ3n) is 8.53. The summed E-state index contributed by atoms with van der Waals surface area (Å²) in [5.74, 6) is -0.553. The molecule has 16 heteroatoms. The number of likely N-dealkylation sites (tertiary alicyclic amines) is 1. The predicted molar refractivity (Wildman–Crippen MR) is 181 cm³/mol. The molecule has 0 spiro atoms. The van der Waals surface area contributed by atoms with Crippen molar-refractivity contribution in [3.05, 3.63) is 66.5 Å². The number of hydrogen-bond acceptors (Lipinski definition) is 10. The van der Waals surface area contributed by atoms with Crippen molar-refractivity contribution in [3.8, 4) is 17.0 Å². The van der Waals surface area contributed by atoms with Gasteiger partial charge in [-0.2, -0.15) is 19.0 Å². The van der Waals surface area contributed by atoms with E-state index in [0.717, 1.165) is 43.7 Å². The fourth-order valence-electron chi connectivity index (χ4n) is 6.25. The van der Waals surface area contributed by atoms with Crippen LogP contribution in [0.25, 0.3) is 16.9 Å². The first-order valence-corrected chi connectivity index (χ1v) is 17.3. The first kappa shape index (κ1) is 34.5. The molecule has 0 radical (unpaired) electrons. The number of carbonyl (C=O) groups excluding carboxylic acids is 1. The molecule has 49 heavy (non-hydrogen) atoms. The highest BCUT2D eigenvalue weighted by atomic mass is 32.2. The first-order valence-electron chi connectivity index (χ1n) is 16.4. The molecule has 0 bridgehead atoms. The summed E-state index contributed by atoms with van der Waals surface area (Å²) in [6.07, 6.45) is 11.8. The molecule has 1 aromatic carbocycles. The molecular weight excluding hydrogens is 654 g/mol. The van der Waals surface area contributed by atoms with E-state index in [9.17, 15) is 18.7 Å². The Morgan fingerprint density at radius 3 is 2.76 bits per heavy atom. The number of nitrogens with zero attached hydrogens (tertiary/aromatic N) is 9. The largest absolute Gasteiger partial charge is 0.434 e. The van der Waals surface area contributed by atoms with Crippen LogP contribution in [0, 0.1) is 0 Å². The van der Waals surface area contributed by atoms with Gasteiger partial charge >= 0.3 is 6.61 Å². The van der Waals surface area contributed by atoms with Crippen LogP contribution in [0.2, 0.25) is 0 Å². The number of alkyl halides is 2. The SMILES string of the molecule is CCC(CCO)N1CCC(n2cc(Cn3cc(NC(=O)c4cnn5cccnc45)c(-c4cc(SC(C)C)ccc4OC(F)F)n3)nn2)CC1. The van der Waals surface area contributed by atoms with Gasteiger partial charge in [0.15, 0.2) is 5.65 Å². The molecule has 1 aliphatic heterocycles. The van der Waals surface area contributed by atoms with Crippen LogP contribution < -0.4 is 10.1 Å². The van der Waals surface area contributed by atoms with Gasteiger partial charge in [0.1, 0.15) is 22.7 Å². The van der Waals surface area contributed by atoms with Gasteiger partial charge in [0.05, 0.1) is 30.7 Å². The molecule has 1 unspecified atom stereocenters. The zero-order chi connectivity index (χ0) is 34.5. The van der Waals surface area contributed by atoms with Gasteiger partial charge < -0.3 is 20.1 Å². The summed E-state index contributed by atoms with van der Waals surface area (Å²) in [6, 6.07) is 7.24. The second-order valence-corrected chi connectivity index (χ2v) is 13.9. The quantitative estimate of drug-likeness (QED) is 0.146. The second-order valence-electron chi connectivity index (χ2n) is 12.2. The van der Waals surface area contributed by atoms with Crippen molar-refractivity contribution in [3.63, 3.8) is 0 Å². The van der Waals surface area contributed by atoms with E-state index in [1.165, 1.54) is 16.8 Å². The molecule has 5 heterocycles. The molecule has 0 aliphatic carbocycles. The smallest absolute Gasteiger partial charge is 0.387 e. The molecule has 260 valence electrons. The number of halogens is 2. The lowest BCUT2D eigenvalue weighted by Crippen LogP contribution is -2.42. The summed E-state index contributed by atoms with van der Waals surface area (Å²) in [6.45, 7) is 5.41. The number of carbonyl (C=O) groups is 1.